The van der Waals surface area contributed by atoms with Crippen LogP contribution in [0.4, 0.5) is 0 Å². The summed E-state index contributed by atoms with van der Waals surface area (Å²) >= 11 is -1.26. The van der Waals surface area contributed by atoms with E-state index in [1.807, 2.05) is 0 Å². The summed E-state index contributed by atoms with van der Waals surface area (Å²) in [6, 6.07) is 0. The minimum absolute atomic E-state index is 0.958. The van der Waals surface area contributed by atoms with Crippen molar-refractivity contribution in [1.29, 1.82) is 0 Å². The second kappa shape index (κ2) is 1.98. The third kappa shape index (κ3) is 4.50. The van der Waals surface area contributed by atoms with Crippen LogP contribution in [-0.2, 0) is 0 Å². The van der Waals surface area contributed by atoms with Gasteiger partial charge in [0, 0.05) is 0 Å². The molecule has 0 aromatic rings. The number of nitrogens with two attached hydrogens (primary N) is 1. The van der Waals surface area contributed by atoms with Gasteiger partial charge in [-0.2, -0.15) is 0 Å². The third-order valence-corrected chi connectivity index (χ3v) is 3.18. The Labute approximate surface area is 42.3 Å². The molecule has 0 aromatic heterocycles. The predicted molar refractivity (Wildman–Crippen MR) is 32.4 cm³/mol. The number of hydrogen-bond donors (Lipinski definition) is 1. The topological polar surface area (TPSA) is 26.0 Å². The second-order valence-electron chi connectivity index (χ2n) is 2.76. The second-order valence-corrected chi connectivity index (χ2v) is 14.4. The van der Waals surface area contributed by atoms with Gasteiger partial charge in [-0.1, -0.05) is 0 Å². The van der Waals surface area contributed by atoms with Crippen LogP contribution in [0.25, 0.3) is 0 Å². The van der Waals surface area contributed by atoms with E-state index in [0.717, 1.165) is 5.38 Å². The Kier molecular flexibility index (Phi) is 2.15. The van der Waals surface area contributed by atoms with Gasteiger partial charge in [-0.05, 0) is 0 Å². The maximum atomic E-state index is 5.39. The Hall–Kier alpha value is 0.503. The first-order chi connectivity index (χ1) is 2.56. The Bertz CT molecular complexity index is 37.3. The van der Waals surface area contributed by atoms with Gasteiger partial charge >= 0.3 is 41.6 Å². The summed E-state index contributed by atoms with van der Waals surface area (Å²) in [5.74, 6) is 6.92. The molecule has 1 nitrogen and oxygen atoms in total. The normalized spacial score (nSPS) is 12.0. The number of hydrogen-bond acceptors (Lipinski definition) is 1. The van der Waals surface area contributed by atoms with Crippen LogP contribution in [-0.4, -0.2) is 18.6 Å². The van der Waals surface area contributed by atoms with Crippen molar-refractivity contribution < 1.29 is 0 Å². The molecule has 0 fully saturated rings. The standard InChI is InChI=1S/C4H13GeN/c1-5(2,3)4-6/h4,6H2,1-3H3. The van der Waals surface area contributed by atoms with Crippen molar-refractivity contribution in [1.82, 2.24) is 0 Å². The van der Waals surface area contributed by atoms with E-state index in [4.69, 9.17) is 5.73 Å². The molecular formula is C4H13GeN. The Morgan fingerprint density at radius 1 is 1.33 bits per heavy atom. The molecular weight excluding hydrogens is 135 g/mol. The van der Waals surface area contributed by atoms with E-state index in [1.54, 1.807) is 0 Å². The van der Waals surface area contributed by atoms with Gasteiger partial charge < -0.3 is 0 Å². The van der Waals surface area contributed by atoms with E-state index in [2.05, 4.69) is 17.3 Å². The molecule has 0 atom stereocenters. The fourth-order valence-corrected chi connectivity index (χ4v) is 0. The molecule has 0 saturated heterocycles. The molecule has 38 valence electrons. The molecule has 0 aliphatic carbocycles. The first kappa shape index (κ1) is 6.50. The van der Waals surface area contributed by atoms with Crippen molar-refractivity contribution in [3.05, 3.63) is 0 Å². The fraction of sp³-hybridized carbons (Fsp3) is 1.00. The van der Waals surface area contributed by atoms with Gasteiger partial charge in [-0.15, -0.1) is 0 Å². The van der Waals surface area contributed by atoms with Crippen LogP contribution in [0, 0.1) is 0 Å². The predicted octanol–water partition coefficient (Wildman–Crippen LogP) is 0.823. The van der Waals surface area contributed by atoms with Gasteiger partial charge in [0.2, 0.25) is 0 Å². The summed E-state index contributed by atoms with van der Waals surface area (Å²) in [6.45, 7) is 0. The van der Waals surface area contributed by atoms with E-state index in [1.165, 1.54) is 0 Å². The quantitative estimate of drug-likeness (QED) is 0.547. The molecule has 6 heavy (non-hydrogen) atoms. The van der Waals surface area contributed by atoms with Crippen molar-refractivity contribution in [2.24, 2.45) is 5.73 Å². The SMILES string of the molecule is [CH3][Ge]([CH3])([CH3])[CH2]N. The van der Waals surface area contributed by atoms with Crippen LogP contribution in [0.1, 0.15) is 0 Å². The van der Waals surface area contributed by atoms with E-state index < -0.39 is 13.3 Å². The Morgan fingerprint density at radius 3 is 1.50 bits per heavy atom. The van der Waals surface area contributed by atoms with Crippen molar-refractivity contribution in [2.75, 3.05) is 5.38 Å². The molecule has 0 aromatic carbocycles. The zero-order valence-corrected chi connectivity index (χ0v) is 6.88. The summed E-state index contributed by atoms with van der Waals surface area (Å²) in [4.78, 5) is 0. The molecule has 0 aliphatic heterocycles. The Morgan fingerprint density at radius 2 is 1.50 bits per heavy atom. The van der Waals surface area contributed by atoms with E-state index in [9.17, 15) is 0 Å². The molecule has 0 bridgehead atoms. The van der Waals surface area contributed by atoms with Gasteiger partial charge in [-0.3, -0.25) is 0 Å². The molecule has 2 N–H and O–H groups in total. The molecule has 0 spiro atoms. The van der Waals surface area contributed by atoms with Gasteiger partial charge in [0.15, 0.2) is 0 Å². The van der Waals surface area contributed by atoms with Crippen LogP contribution >= 0.6 is 0 Å². The summed E-state index contributed by atoms with van der Waals surface area (Å²) in [5, 5.41) is 0.958. The molecule has 0 heterocycles. The van der Waals surface area contributed by atoms with Gasteiger partial charge in [-0.25, -0.2) is 0 Å². The third-order valence-electron chi connectivity index (χ3n) is 0.612. The number of rotatable bonds is 1. The van der Waals surface area contributed by atoms with Crippen molar-refractivity contribution in [3.63, 3.8) is 0 Å². The van der Waals surface area contributed by atoms with Crippen LogP contribution in [0.2, 0.25) is 17.3 Å². The summed E-state index contributed by atoms with van der Waals surface area (Å²) in [5.41, 5.74) is 5.39. The van der Waals surface area contributed by atoms with E-state index in [0.29, 0.717) is 0 Å². The van der Waals surface area contributed by atoms with E-state index >= 15 is 0 Å². The summed E-state index contributed by atoms with van der Waals surface area (Å²) < 4.78 is 0. The van der Waals surface area contributed by atoms with E-state index in [-0.39, 0.29) is 0 Å². The zero-order chi connectivity index (χ0) is 5.21. The molecule has 0 radical (unpaired) electrons. The molecule has 0 rings (SSSR count). The summed E-state index contributed by atoms with van der Waals surface area (Å²) in [7, 11) is 0. The fourth-order valence-electron chi connectivity index (χ4n) is 0. The molecule has 0 saturated carbocycles. The average Bonchev–Trinajstić information content (AvgIpc) is 1.35. The van der Waals surface area contributed by atoms with Gasteiger partial charge in [0.05, 0.1) is 0 Å². The molecule has 0 unspecified atom stereocenters. The van der Waals surface area contributed by atoms with Crippen LogP contribution in [0.5, 0.6) is 0 Å². The first-order valence-corrected chi connectivity index (χ1v) is 10.0. The van der Waals surface area contributed by atoms with Crippen molar-refractivity contribution in [2.45, 2.75) is 17.3 Å². The van der Waals surface area contributed by atoms with Gasteiger partial charge in [0.1, 0.15) is 0 Å². The molecule has 0 aliphatic rings. The Balaban J connectivity index is 3.17. The van der Waals surface area contributed by atoms with Gasteiger partial charge in [0.25, 0.3) is 0 Å². The van der Waals surface area contributed by atoms with Crippen LogP contribution in [0.3, 0.4) is 0 Å². The molecule has 2 heteroatoms. The molecule has 0 amide bonds. The first-order valence-electron chi connectivity index (χ1n) is 2.26. The zero-order valence-electron chi connectivity index (χ0n) is 4.78. The van der Waals surface area contributed by atoms with Crippen LogP contribution < -0.4 is 5.73 Å². The minimum atomic E-state index is -1.26. The monoisotopic (exact) mass is 149 g/mol. The maximum absolute atomic E-state index is 5.39. The van der Waals surface area contributed by atoms with Crippen molar-refractivity contribution >= 4 is 13.3 Å². The summed E-state index contributed by atoms with van der Waals surface area (Å²) in [6.07, 6.45) is 0. The van der Waals surface area contributed by atoms with Crippen LogP contribution in [0.15, 0.2) is 0 Å². The average molecular weight is 148 g/mol. The van der Waals surface area contributed by atoms with Crippen molar-refractivity contribution in [3.8, 4) is 0 Å².